The van der Waals surface area contributed by atoms with Crippen LogP contribution in [-0.4, -0.2) is 20.4 Å². The van der Waals surface area contributed by atoms with E-state index in [1.54, 1.807) is 18.2 Å². The lowest BCUT2D eigenvalue weighted by atomic mass is 10.0. The molecule has 6 nitrogen and oxygen atoms in total. The molecule has 2 aromatic carbocycles. The summed E-state index contributed by atoms with van der Waals surface area (Å²) in [6.07, 6.45) is 1.49. The van der Waals surface area contributed by atoms with Gasteiger partial charge in [-0.2, -0.15) is 0 Å². The van der Waals surface area contributed by atoms with E-state index in [0.29, 0.717) is 16.3 Å². The number of imidazole rings is 1. The number of carbonyl (C=O) groups is 1. The van der Waals surface area contributed by atoms with Gasteiger partial charge >= 0.3 is 0 Å². The smallest absolute Gasteiger partial charge is 0.255 e. The van der Waals surface area contributed by atoms with Gasteiger partial charge in [-0.25, -0.2) is 4.98 Å². The van der Waals surface area contributed by atoms with Crippen molar-refractivity contribution < 1.29 is 4.79 Å². The Balaban J connectivity index is 1.79. The summed E-state index contributed by atoms with van der Waals surface area (Å²) < 4.78 is 2.19. The van der Waals surface area contributed by atoms with Gasteiger partial charge < -0.3 is 14.9 Å². The fourth-order valence-corrected chi connectivity index (χ4v) is 3.97. The van der Waals surface area contributed by atoms with Gasteiger partial charge in [-0.3, -0.25) is 9.59 Å². The number of rotatable bonds is 5. The number of carbonyl (C=O) groups excluding carboxylic acids is 1. The van der Waals surface area contributed by atoms with Crippen LogP contribution in [0, 0.1) is 5.92 Å². The maximum Gasteiger partial charge on any atom is 0.255 e. The first-order valence-electron chi connectivity index (χ1n) is 10.3. The molecule has 4 aromatic rings. The van der Waals surface area contributed by atoms with Gasteiger partial charge in [0.15, 0.2) is 0 Å². The van der Waals surface area contributed by atoms with Crippen LogP contribution in [0.5, 0.6) is 0 Å². The molecule has 0 aliphatic rings. The van der Waals surface area contributed by atoms with Gasteiger partial charge in [-0.05, 0) is 38.0 Å². The zero-order valence-electron chi connectivity index (χ0n) is 17.6. The first-order valence-corrected chi connectivity index (χ1v) is 10.3. The molecule has 0 bridgehead atoms. The van der Waals surface area contributed by atoms with Gasteiger partial charge in [-0.1, -0.05) is 44.2 Å². The summed E-state index contributed by atoms with van der Waals surface area (Å²) in [5.74, 6) is 0.726. The first kappa shape index (κ1) is 19.9. The summed E-state index contributed by atoms with van der Waals surface area (Å²) in [6.45, 7) is 8.37. The molecule has 0 spiro atoms. The normalized spacial score (nSPS) is 12.7. The molecule has 0 saturated heterocycles. The molecule has 154 valence electrons. The third-order valence-corrected chi connectivity index (χ3v) is 5.43. The second-order valence-electron chi connectivity index (χ2n) is 8.19. The highest BCUT2D eigenvalue weighted by Gasteiger charge is 2.27. The Morgan fingerprint density at radius 1 is 1.00 bits per heavy atom. The molecule has 0 aliphatic heterocycles. The van der Waals surface area contributed by atoms with Crippen molar-refractivity contribution in [3.05, 3.63) is 76.5 Å². The van der Waals surface area contributed by atoms with Crippen molar-refractivity contribution in [1.82, 2.24) is 19.9 Å². The summed E-state index contributed by atoms with van der Waals surface area (Å²) in [7, 11) is 0. The Labute approximate surface area is 175 Å². The Morgan fingerprint density at radius 3 is 2.37 bits per heavy atom. The average Bonchev–Trinajstić information content (AvgIpc) is 3.11. The second-order valence-corrected chi connectivity index (χ2v) is 8.19. The van der Waals surface area contributed by atoms with Crippen molar-refractivity contribution in [2.45, 2.75) is 39.8 Å². The number of hydrogen-bond acceptors (Lipinski definition) is 3. The van der Waals surface area contributed by atoms with E-state index >= 15 is 0 Å². The van der Waals surface area contributed by atoms with Gasteiger partial charge in [-0.15, -0.1) is 0 Å². The van der Waals surface area contributed by atoms with Crippen molar-refractivity contribution >= 4 is 27.7 Å². The molecule has 30 heavy (non-hydrogen) atoms. The highest BCUT2D eigenvalue weighted by atomic mass is 16.2. The minimum atomic E-state index is -0.280. The standard InChI is InChI=1S/C24H26N4O2/c1-14(2)21(22-26-19-11-7-8-12-20(19)28(22)15(3)4)27-24(30)18-13-25-23(29)17-10-6-5-9-16(17)18/h5-15,21H,1-4H3,(H,25,29)(H,27,30)/t21-/m0/s1. The van der Waals surface area contributed by atoms with Crippen LogP contribution in [-0.2, 0) is 0 Å². The van der Waals surface area contributed by atoms with Gasteiger partial charge in [0.25, 0.3) is 11.5 Å². The van der Waals surface area contributed by atoms with Gasteiger partial charge in [0.05, 0.1) is 22.6 Å². The van der Waals surface area contributed by atoms with Crippen molar-refractivity contribution in [3.63, 3.8) is 0 Å². The van der Waals surface area contributed by atoms with Crippen LogP contribution < -0.4 is 10.9 Å². The molecule has 0 radical (unpaired) electrons. The fraction of sp³-hybridized carbons (Fsp3) is 0.292. The molecule has 1 atom stereocenters. The minimum Gasteiger partial charge on any atom is -0.342 e. The van der Waals surface area contributed by atoms with E-state index in [-0.39, 0.29) is 29.5 Å². The summed E-state index contributed by atoms with van der Waals surface area (Å²) in [6, 6.07) is 15.1. The van der Waals surface area contributed by atoms with Gasteiger partial charge in [0.2, 0.25) is 0 Å². The summed E-state index contributed by atoms with van der Waals surface area (Å²) in [5, 5.41) is 4.31. The number of nitrogens with one attached hydrogen (secondary N) is 2. The highest BCUT2D eigenvalue weighted by Crippen LogP contribution is 2.29. The molecule has 0 fully saturated rings. The molecule has 6 heteroatoms. The zero-order valence-corrected chi connectivity index (χ0v) is 17.6. The van der Waals surface area contributed by atoms with Crippen LogP contribution >= 0.6 is 0 Å². The van der Waals surface area contributed by atoms with Crippen molar-refractivity contribution in [1.29, 1.82) is 0 Å². The quantitative estimate of drug-likeness (QED) is 0.513. The van der Waals surface area contributed by atoms with Gasteiger partial charge in [0, 0.05) is 23.0 Å². The molecule has 0 unspecified atom stereocenters. The maximum absolute atomic E-state index is 13.3. The SMILES string of the molecule is CC(C)[C@H](NC(=O)c1c[nH]c(=O)c2ccccc12)c1nc2ccccc2n1C(C)C. The zero-order chi connectivity index (χ0) is 21.4. The van der Waals surface area contributed by atoms with E-state index < -0.39 is 0 Å². The summed E-state index contributed by atoms with van der Waals surface area (Å²) in [5.41, 5.74) is 2.21. The Morgan fingerprint density at radius 2 is 1.67 bits per heavy atom. The van der Waals surface area contributed by atoms with Crippen LogP contribution in [0.2, 0.25) is 0 Å². The third-order valence-electron chi connectivity index (χ3n) is 5.43. The number of amides is 1. The third kappa shape index (κ3) is 3.38. The number of pyridine rings is 1. The predicted molar refractivity (Wildman–Crippen MR) is 120 cm³/mol. The van der Waals surface area contributed by atoms with E-state index in [1.807, 2.05) is 24.3 Å². The number of nitrogens with zero attached hydrogens (tertiary/aromatic N) is 2. The average molecular weight is 402 g/mol. The molecule has 1 amide bonds. The maximum atomic E-state index is 13.3. The van der Waals surface area contributed by atoms with Crippen LogP contribution in [0.1, 0.15) is 56.0 Å². The topological polar surface area (TPSA) is 79.8 Å². The van der Waals surface area contributed by atoms with E-state index in [2.05, 4.69) is 48.6 Å². The first-order chi connectivity index (χ1) is 14.4. The number of benzene rings is 2. The molecule has 0 aliphatic carbocycles. The Kier molecular flexibility index (Phi) is 5.16. The lowest BCUT2D eigenvalue weighted by molar-refractivity contribution is 0.0923. The van der Waals surface area contributed by atoms with E-state index in [1.165, 1.54) is 6.20 Å². The number of hydrogen-bond donors (Lipinski definition) is 2. The number of aromatic nitrogens is 3. The van der Waals surface area contributed by atoms with E-state index in [0.717, 1.165) is 16.9 Å². The van der Waals surface area contributed by atoms with Crippen molar-refractivity contribution in [2.75, 3.05) is 0 Å². The molecule has 2 aromatic heterocycles. The van der Waals surface area contributed by atoms with Crippen molar-refractivity contribution in [2.24, 2.45) is 5.92 Å². The molecule has 0 saturated carbocycles. The van der Waals surface area contributed by atoms with Crippen molar-refractivity contribution in [3.8, 4) is 0 Å². The minimum absolute atomic E-state index is 0.122. The lowest BCUT2D eigenvalue weighted by Crippen LogP contribution is -2.34. The number of para-hydroxylation sites is 2. The fourth-order valence-electron chi connectivity index (χ4n) is 3.97. The molecular formula is C24H26N4O2. The van der Waals surface area contributed by atoms with Crippen LogP contribution in [0.4, 0.5) is 0 Å². The number of aromatic amines is 1. The van der Waals surface area contributed by atoms with E-state index in [9.17, 15) is 9.59 Å². The summed E-state index contributed by atoms with van der Waals surface area (Å²) >= 11 is 0. The Bertz CT molecular complexity index is 1280. The van der Waals surface area contributed by atoms with E-state index in [4.69, 9.17) is 4.98 Å². The summed E-state index contributed by atoms with van der Waals surface area (Å²) in [4.78, 5) is 33.0. The number of fused-ring (bicyclic) bond motifs is 2. The molecular weight excluding hydrogens is 376 g/mol. The highest BCUT2D eigenvalue weighted by molar-refractivity contribution is 6.06. The van der Waals surface area contributed by atoms with Gasteiger partial charge in [0.1, 0.15) is 5.82 Å². The van der Waals surface area contributed by atoms with Crippen LogP contribution in [0.3, 0.4) is 0 Å². The largest absolute Gasteiger partial charge is 0.342 e. The molecule has 4 rings (SSSR count). The van der Waals surface area contributed by atoms with Crippen LogP contribution in [0.25, 0.3) is 21.8 Å². The predicted octanol–water partition coefficient (Wildman–Crippen LogP) is 4.59. The molecule has 2 N–H and O–H groups in total. The Hall–Kier alpha value is -3.41. The molecule has 2 heterocycles. The number of H-pyrrole nitrogens is 1. The second kappa shape index (κ2) is 7.78. The van der Waals surface area contributed by atoms with Crippen LogP contribution in [0.15, 0.2) is 59.5 Å². The monoisotopic (exact) mass is 402 g/mol. The lowest BCUT2D eigenvalue weighted by Gasteiger charge is -2.25.